The van der Waals surface area contributed by atoms with Gasteiger partial charge in [-0.25, -0.2) is 0 Å². The summed E-state index contributed by atoms with van der Waals surface area (Å²) in [4.78, 5) is 11.3. The van der Waals surface area contributed by atoms with Gasteiger partial charge in [0.1, 0.15) is 0 Å². The van der Waals surface area contributed by atoms with Crippen molar-refractivity contribution in [2.75, 3.05) is 19.7 Å². The fraction of sp³-hybridized carbons (Fsp3) is 0.875. The first-order valence-electron chi connectivity index (χ1n) is 4.46. The van der Waals surface area contributed by atoms with E-state index in [1.807, 2.05) is 0 Å². The molecule has 0 bridgehead atoms. The number of aliphatic hydroxyl groups is 1. The van der Waals surface area contributed by atoms with Crippen LogP contribution < -0.4 is 10.6 Å². The van der Waals surface area contributed by atoms with Crippen LogP contribution in [0, 0.1) is 0 Å². The standard InChI is InChI=1S/C8H16N2O2/c11-6-5-10-8(12)7-3-1-2-4-9-7/h7,9,11H,1-6H2,(H,10,12). The predicted octanol–water partition coefficient (Wildman–Crippen LogP) is -0.763. The smallest absolute Gasteiger partial charge is 0.237 e. The van der Waals surface area contributed by atoms with Crippen LogP contribution >= 0.6 is 0 Å². The molecule has 0 aromatic carbocycles. The van der Waals surface area contributed by atoms with Gasteiger partial charge in [0.2, 0.25) is 5.91 Å². The van der Waals surface area contributed by atoms with E-state index in [0.717, 1.165) is 25.8 Å². The third kappa shape index (κ3) is 2.79. The monoisotopic (exact) mass is 172 g/mol. The summed E-state index contributed by atoms with van der Waals surface area (Å²) in [5.41, 5.74) is 0. The van der Waals surface area contributed by atoms with Gasteiger partial charge in [-0.1, -0.05) is 6.42 Å². The Morgan fingerprint density at radius 3 is 3.00 bits per heavy atom. The van der Waals surface area contributed by atoms with Crippen LogP contribution in [0.4, 0.5) is 0 Å². The highest BCUT2D eigenvalue weighted by molar-refractivity contribution is 5.81. The second-order valence-corrected chi connectivity index (χ2v) is 3.02. The molecule has 1 heterocycles. The summed E-state index contributed by atoms with van der Waals surface area (Å²) in [7, 11) is 0. The number of piperidine rings is 1. The van der Waals surface area contributed by atoms with Gasteiger partial charge in [-0.05, 0) is 19.4 Å². The van der Waals surface area contributed by atoms with Crippen molar-refractivity contribution in [3.05, 3.63) is 0 Å². The first kappa shape index (κ1) is 9.48. The van der Waals surface area contributed by atoms with E-state index >= 15 is 0 Å². The second-order valence-electron chi connectivity index (χ2n) is 3.02. The zero-order valence-electron chi connectivity index (χ0n) is 7.18. The highest BCUT2D eigenvalue weighted by atomic mass is 16.3. The molecule has 1 saturated heterocycles. The first-order valence-corrected chi connectivity index (χ1v) is 4.46. The minimum Gasteiger partial charge on any atom is -0.395 e. The van der Waals surface area contributed by atoms with Crippen LogP contribution in [0.3, 0.4) is 0 Å². The van der Waals surface area contributed by atoms with Crippen LogP contribution in [-0.2, 0) is 4.79 Å². The molecule has 3 N–H and O–H groups in total. The molecule has 1 rings (SSSR count). The molecule has 1 unspecified atom stereocenters. The van der Waals surface area contributed by atoms with Crippen molar-refractivity contribution in [1.82, 2.24) is 10.6 Å². The summed E-state index contributed by atoms with van der Waals surface area (Å²) in [6.07, 6.45) is 3.19. The lowest BCUT2D eigenvalue weighted by Gasteiger charge is -2.22. The number of rotatable bonds is 3. The van der Waals surface area contributed by atoms with Crippen LogP contribution in [0.25, 0.3) is 0 Å². The Hall–Kier alpha value is -0.610. The van der Waals surface area contributed by atoms with Gasteiger partial charge in [0.05, 0.1) is 12.6 Å². The van der Waals surface area contributed by atoms with Gasteiger partial charge in [0, 0.05) is 6.54 Å². The Morgan fingerprint density at radius 2 is 2.42 bits per heavy atom. The molecular formula is C8H16N2O2. The number of aliphatic hydroxyl groups excluding tert-OH is 1. The lowest BCUT2D eigenvalue weighted by molar-refractivity contribution is -0.123. The molecule has 1 atom stereocenters. The molecule has 1 amide bonds. The molecule has 0 aromatic heterocycles. The highest BCUT2D eigenvalue weighted by Gasteiger charge is 2.19. The van der Waals surface area contributed by atoms with Crippen LogP contribution in [0.15, 0.2) is 0 Å². The van der Waals surface area contributed by atoms with Gasteiger partial charge < -0.3 is 15.7 Å². The zero-order chi connectivity index (χ0) is 8.81. The van der Waals surface area contributed by atoms with Crippen molar-refractivity contribution >= 4 is 5.91 Å². The number of carbonyl (C=O) groups excluding carboxylic acids is 1. The predicted molar refractivity (Wildman–Crippen MR) is 45.7 cm³/mol. The van der Waals surface area contributed by atoms with E-state index in [1.54, 1.807) is 0 Å². The minimum absolute atomic E-state index is 0.0124. The van der Waals surface area contributed by atoms with Gasteiger partial charge in [0.25, 0.3) is 0 Å². The van der Waals surface area contributed by atoms with Crippen molar-refractivity contribution in [2.24, 2.45) is 0 Å². The molecule has 0 radical (unpaired) electrons. The van der Waals surface area contributed by atoms with E-state index in [4.69, 9.17) is 5.11 Å². The lowest BCUT2D eigenvalue weighted by Crippen LogP contribution is -2.47. The summed E-state index contributed by atoms with van der Waals surface area (Å²) in [5.74, 6) is 0.0174. The number of amides is 1. The SMILES string of the molecule is O=C(NCCO)C1CCCCN1. The Labute approximate surface area is 72.3 Å². The van der Waals surface area contributed by atoms with E-state index in [0.29, 0.717) is 6.54 Å². The van der Waals surface area contributed by atoms with Gasteiger partial charge in [0.15, 0.2) is 0 Å². The molecule has 0 spiro atoms. The molecule has 12 heavy (non-hydrogen) atoms. The van der Waals surface area contributed by atoms with Crippen molar-refractivity contribution in [3.63, 3.8) is 0 Å². The van der Waals surface area contributed by atoms with Crippen molar-refractivity contribution in [3.8, 4) is 0 Å². The van der Waals surface area contributed by atoms with E-state index in [-0.39, 0.29) is 18.6 Å². The van der Waals surface area contributed by atoms with Crippen LogP contribution in [0.1, 0.15) is 19.3 Å². The van der Waals surface area contributed by atoms with Crippen molar-refractivity contribution in [1.29, 1.82) is 0 Å². The molecule has 70 valence electrons. The maximum Gasteiger partial charge on any atom is 0.237 e. The van der Waals surface area contributed by atoms with Gasteiger partial charge in [-0.2, -0.15) is 0 Å². The molecule has 0 aromatic rings. The zero-order valence-corrected chi connectivity index (χ0v) is 7.18. The third-order valence-corrected chi connectivity index (χ3v) is 2.04. The largest absolute Gasteiger partial charge is 0.395 e. The Kier molecular flexibility index (Phi) is 4.04. The van der Waals surface area contributed by atoms with Gasteiger partial charge in [-0.3, -0.25) is 4.79 Å². The Morgan fingerprint density at radius 1 is 1.58 bits per heavy atom. The first-order chi connectivity index (χ1) is 5.84. The fourth-order valence-corrected chi connectivity index (χ4v) is 1.38. The summed E-state index contributed by atoms with van der Waals surface area (Å²) in [5, 5.41) is 14.3. The summed E-state index contributed by atoms with van der Waals surface area (Å²) >= 11 is 0. The number of hydrogen-bond acceptors (Lipinski definition) is 3. The quantitative estimate of drug-likeness (QED) is 0.524. The summed E-state index contributed by atoms with van der Waals surface area (Å²) in [6.45, 7) is 1.30. The molecule has 0 saturated carbocycles. The van der Waals surface area contributed by atoms with Gasteiger partial charge in [-0.15, -0.1) is 0 Å². The van der Waals surface area contributed by atoms with E-state index < -0.39 is 0 Å². The van der Waals surface area contributed by atoms with Crippen LogP contribution in [0.2, 0.25) is 0 Å². The summed E-state index contributed by atoms with van der Waals surface area (Å²) < 4.78 is 0. The average molecular weight is 172 g/mol. The molecule has 1 aliphatic heterocycles. The van der Waals surface area contributed by atoms with Gasteiger partial charge >= 0.3 is 0 Å². The fourth-order valence-electron chi connectivity index (χ4n) is 1.38. The van der Waals surface area contributed by atoms with E-state index in [1.165, 1.54) is 0 Å². The maximum absolute atomic E-state index is 11.3. The molecule has 4 nitrogen and oxygen atoms in total. The van der Waals surface area contributed by atoms with Crippen molar-refractivity contribution < 1.29 is 9.90 Å². The third-order valence-electron chi connectivity index (χ3n) is 2.04. The number of hydrogen-bond donors (Lipinski definition) is 3. The second kappa shape index (κ2) is 5.11. The maximum atomic E-state index is 11.3. The number of nitrogens with one attached hydrogen (secondary N) is 2. The normalized spacial score (nSPS) is 23.6. The molecular weight excluding hydrogens is 156 g/mol. The van der Waals surface area contributed by atoms with Crippen molar-refractivity contribution in [2.45, 2.75) is 25.3 Å². The molecule has 1 aliphatic rings. The highest BCUT2D eigenvalue weighted by Crippen LogP contribution is 2.06. The topological polar surface area (TPSA) is 61.4 Å². The Balaban J connectivity index is 2.20. The molecule has 0 aliphatic carbocycles. The minimum atomic E-state index is -0.0368. The lowest BCUT2D eigenvalue weighted by atomic mass is 10.0. The molecule has 1 fully saturated rings. The average Bonchev–Trinajstić information content (AvgIpc) is 2.15. The van der Waals surface area contributed by atoms with Crippen LogP contribution in [-0.4, -0.2) is 36.8 Å². The molecule has 4 heteroatoms. The van der Waals surface area contributed by atoms with E-state index in [9.17, 15) is 4.79 Å². The van der Waals surface area contributed by atoms with E-state index in [2.05, 4.69) is 10.6 Å². The number of carbonyl (C=O) groups is 1. The summed E-state index contributed by atoms with van der Waals surface area (Å²) in [6, 6.07) is -0.0368. The van der Waals surface area contributed by atoms with Crippen LogP contribution in [0.5, 0.6) is 0 Å². The Bertz CT molecular complexity index is 144.